The van der Waals surface area contributed by atoms with Crippen LogP contribution in [0.25, 0.3) is 0 Å². The molecule has 2 rings (SSSR count). The topological polar surface area (TPSA) is 67.4 Å². The van der Waals surface area contributed by atoms with E-state index in [0.717, 1.165) is 0 Å². The third-order valence-electron chi connectivity index (χ3n) is 2.64. The van der Waals surface area contributed by atoms with Gasteiger partial charge in [0.15, 0.2) is 0 Å². The summed E-state index contributed by atoms with van der Waals surface area (Å²) in [7, 11) is 1.55. The first kappa shape index (κ1) is 14.9. The second kappa shape index (κ2) is 6.76. The molecule has 0 aliphatic rings. The van der Waals surface area contributed by atoms with Crippen LogP contribution < -0.4 is 15.4 Å². The molecule has 2 aromatic carbocycles. The quantitative estimate of drug-likeness (QED) is 0.857. The molecule has 2 N–H and O–H groups in total. The third-order valence-corrected chi connectivity index (χ3v) is 2.87. The van der Waals surface area contributed by atoms with E-state index in [2.05, 4.69) is 10.6 Å². The number of halogens is 1. The Balaban J connectivity index is 1.97. The second-order valence-electron chi connectivity index (χ2n) is 4.15. The van der Waals surface area contributed by atoms with Crippen molar-refractivity contribution in [2.75, 3.05) is 17.7 Å². The fourth-order valence-corrected chi connectivity index (χ4v) is 1.81. The zero-order valence-corrected chi connectivity index (χ0v) is 12.0. The molecule has 0 heterocycles. The standard InChI is InChI=1S/C15H13ClN2O3/c1-21-13-7-5-11(6-8-13)17-14(19)15(20)18-12-4-2-3-10(16)9-12/h2-9H,1H3,(H,17,19)(H,18,20). The molecular weight excluding hydrogens is 292 g/mol. The van der Waals surface area contributed by atoms with E-state index in [9.17, 15) is 9.59 Å². The van der Waals surface area contributed by atoms with Crippen molar-refractivity contribution in [1.82, 2.24) is 0 Å². The van der Waals surface area contributed by atoms with E-state index < -0.39 is 11.8 Å². The van der Waals surface area contributed by atoms with Gasteiger partial charge in [-0.1, -0.05) is 17.7 Å². The maximum absolute atomic E-state index is 11.8. The molecule has 0 radical (unpaired) electrons. The first-order chi connectivity index (χ1) is 10.1. The molecule has 6 heteroatoms. The second-order valence-corrected chi connectivity index (χ2v) is 4.58. The van der Waals surface area contributed by atoms with Gasteiger partial charge in [-0.3, -0.25) is 9.59 Å². The number of carbonyl (C=O) groups is 2. The van der Waals surface area contributed by atoms with Crippen LogP contribution in [0.2, 0.25) is 5.02 Å². The Bertz CT molecular complexity index is 656. The number of methoxy groups -OCH3 is 1. The van der Waals surface area contributed by atoms with Crippen molar-refractivity contribution >= 4 is 34.8 Å². The van der Waals surface area contributed by atoms with Crippen LogP contribution >= 0.6 is 11.6 Å². The van der Waals surface area contributed by atoms with Gasteiger partial charge in [0.1, 0.15) is 5.75 Å². The molecule has 0 saturated heterocycles. The largest absolute Gasteiger partial charge is 0.497 e. The zero-order chi connectivity index (χ0) is 15.2. The van der Waals surface area contributed by atoms with Crippen LogP contribution in [0.3, 0.4) is 0 Å². The Morgan fingerprint density at radius 3 is 2.14 bits per heavy atom. The normalized spacial score (nSPS) is 9.81. The zero-order valence-electron chi connectivity index (χ0n) is 11.2. The average Bonchev–Trinajstić information content (AvgIpc) is 2.48. The Kier molecular flexibility index (Phi) is 4.79. The van der Waals surface area contributed by atoms with E-state index >= 15 is 0 Å². The van der Waals surface area contributed by atoms with E-state index in [1.165, 1.54) is 0 Å². The number of anilines is 2. The van der Waals surface area contributed by atoms with Crippen LogP contribution in [0.5, 0.6) is 5.75 Å². The molecule has 21 heavy (non-hydrogen) atoms. The highest BCUT2D eigenvalue weighted by atomic mass is 35.5. The van der Waals surface area contributed by atoms with E-state index in [1.807, 2.05) is 0 Å². The Labute approximate surface area is 126 Å². The van der Waals surface area contributed by atoms with Gasteiger partial charge in [-0.2, -0.15) is 0 Å². The van der Waals surface area contributed by atoms with Gasteiger partial charge in [-0.25, -0.2) is 0 Å². The van der Waals surface area contributed by atoms with Crippen LogP contribution in [0, 0.1) is 0 Å². The van der Waals surface area contributed by atoms with Gasteiger partial charge in [0.05, 0.1) is 7.11 Å². The highest BCUT2D eigenvalue weighted by molar-refractivity contribution is 6.43. The van der Waals surface area contributed by atoms with Gasteiger partial charge in [0, 0.05) is 16.4 Å². The fraction of sp³-hybridized carbons (Fsp3) is 0.0667. The molecule has 0 unspecified atom stereocenters. The van der Waals surface area contributed by atoms with E-state index in [4.69, 9.17) is 16.3 Å². The summed E-state index contributed by atoms with van der Waals surface area (Å²) in [5.41, 5.74) is 0.958. The van der Waals surface area contributed by atoms with E-state index in [-0.39, 0.29) is 0 Å². The van der Waals surface area contributed by atoms with Gasteiger partial charge in [0.2, 0.25) is 0 Å². The van der Waals surface area contributed by atoms with Crippen molar-refractivity contribution in [1.29, 1.82) is 0 Å². The summed E-state index contributed by atoms with van der Waals surface area (Å²) in [6.45, 7) is 0. The van der Waals surface area contributed by atoms with Crippen LogP contribution in [0.4, 0.5) is 11.4 Å². The first-order valence-corrected chi connectivity index (χ1v) is 6.48. The van der Waals surface area contributed by atoms with Gasteiger partial charge >= 0.3 is 11.8 Å². The molecule has 2 aromatic rings. The van der Waals surface area contributed by atoms with Gasteiger partial charge in [0.25, 0.3) is 0 Å². The summed E-state index contributed by atoms with van der Waals surface area (Å²) in [4.78, 5) is 23.5. The lowest BCUT2D eigenvalue weighted by molar-refractivity contribution is -0.132. The summed E-state index contributed by atoms with van der Waals surface area (Å²) >= 11 is 5.80. The van der Waals surface area contributed by atoms with Crippen LogP contribution in [0.1, 0.15) is 0 Å². The minimum atomic E-state index is -0.770. The maximum Gasteiger partial charge on any atom is 0.314 e. The lowest BCUT2D eigenvalue weighted by atomic mass is 10.3. The summed E-state index contributed by atoms with van der Waals surface area (Å²) in [5, 5.41) is 5.43. The highest BCUT2D eigenvalue weighted by Gasteiger charge is 2.14. The molecule has 0 bridgehead atoms. The number of ether oxygens (including phenoxy) is 1. The molecule has 0 aliphatic carbocycles. The fourth-order valence-electron chi connectivity index (χ4n) is 1.62. The molecular formula is C15H13ClN2O3. The summed E-state index contributed by atoms with van der Waals surface area (Å²) in [5.74, 6) is -0.871. The van der Waals surface area contributed by atoms with Crippen LogP contribution in [-0.4, -0.2) is 18.9 Å². The highest BCUT2D eigenvalue weighted by Crippen LogP contribution is 2.16. The molecule has 0 saturated carbocycles. The molecule has 0 spiro atoms. The molecule has 0 fully saturated rings. The molecule has 0 aliphatic heterocycles. The Morgan fingerprint density at radius 1 is 0.952 bits per heavy atom. The number of carbonyl (C=O) groups excluding carboxylic acids is 2. The van der Waals surface area contributed by atoms with Crippen molar-refractivity contribution in [2.45, 2.75) is 0 Å². The van der Waals surface area contributed by atoms with Crippen molar-refractivity contribution in [3.63, 3.8) is 0 Å². The van der Waals surface area contributed by atoms with E-state index in [0.29, 0.717) is 22.1 Å². The third kappa shape index (κ3) is 4.22. The van der Waals surface area contributed by atoms with Crippen LogP contribution in [0.15, 0.2) is 48.5 Å². The number of rotatable bonds is 3. The Morgan fingerprint density at radius 2 is 1.57 bits per heavy atom. The number of hydrogen-bond donors (Lipinski definition) is 2. The molecule has 5 nitrogen and oxygen atoms in total. The van der Waals surface area contributed by atoms with E-state index in [1.54, 1.807) is 55.6 Å². The number of hydrogen-bond acceptors (Lipinski definition) is 3. The molecule has 0 aromatic heterocycles. The first-order valence-electron chi connectivity index (χ1n) is 6.10. The van der Waals surface area contributed by atoms with Crippen molar-refractivity contribution < 1.29 is 14.3 Å². The summed E-state index contributed by atoms with van der Waals surface area (Å²) in [6.07, 6.45) is 0. The van der Waals surface area contributed by atoms with Crippen molar-refractivity contribution in [3.8, 4) is 5.75 Å². The van der Waals surface area contributed by atoms with Gasteiger partial charge in [-0.15, -0.1) is 0 Å². The lowest BCUT2D eigenvalue weighted by Gasteiger charge is -2.07. The van der Waals surface area contributed by atoms with Gasteiger partial charge in [-0.05, 0) is 42.5 Å². The monoisotopic (exact) mass is 304 g/mol. The van der Waals surface area contributed by atoms with Crippen molar-refractivity contribution in [2.24, 2.45) is 0 Å². The number of benzene rings is 2. The summed E-state index contributed by atoms with van der Waals surface area (Å²) in [6, 6.07) is 13.2. The minimum absolute atomic E-state index is 0.456. The Hall–Kier alpha value is -2.53. The summed E-state index contributed by atoms with van der Waals surface area (Å²) < 4.78 is 5.01. The predicted octanol–water partition coefficient (Wildman–Crippen LogP) is 2.93. The van der Waals surface area contributed by atoms with Crippen molar-refractivity contribution in [3.05, 3.63) is 53.6 Å². The maximum atomic E-state index is 11.8. The molecule has 2 amide bonds. The minimum Gasteiger partial charge on any atom is -0.497 e. The predicted molar refractivity (Wildman–Crippen MR) is 81.7 cm³/mol. The van der Waals surface area contributed by atoms with Crippen LogP contribution in [-0.2, 0) is 9.59 Å². The molecule has 0 atom stereocenters. The number of amides is 2. The SMILES string of the molecule is COc1ccc(NC(=O)C(=O)Nc2cccc(Cl)c2)cc1. The lowest BCUT2D eigenvalue weighted by Crippen LogP contribution is -2.29. The number of nitrogens with one attached hydrogen (secondary N) is 2. The average molecular weight is 305 g/mol. The smallest absolute Gasteiger partial charge is 0.314 e. The van der Waals surface area contributed by atoms with Gasteiger partial charge < -0.3 is 15.4 Å². The molecule has 108 valence electrons.